The molecule has 152 valence electrons. The van der Waals surface area contributed by atoms with Crippen LogP contribution in [0.2, 0.25) is 0 Å². The first-order valence-electron chi connectivity index (χ1n) is 11.5. The number of piperazine rings is 1. The first-order chi connectivity index (χ1) is 13.6. The quantitative estimate of drug-likeness (QED) is 0.818. The highest BCUT2D eigenvalue weighted by Gasteiger charge is 2.53. The molecule has 4 aliphatic carbocycles. The molecule has 2 N–H and O–H groups in total. The summed E-state index contributed by atoms with van der Waals surface area (Å²) in [6.45, 7) is 7.11. The number of nitrogens with zero attached hydrogens (tertiary/aromatic N) is 1. The van der Waals surface area contributed by atoms with Crippen molar-refractivity contribution in [2.24, 2.45) is 23.2 Å². The smallest absolute Gasteiger partial charge is 0.275 e. The van der Waals surface area contributed by atoms with Gasteiger partial charge in [-0.1, -0.05) is 18.2 Å². The van der Waals surface area contributed by atoms with E-state index in [2.05, 4.69) is 47.5 Å². The number of anilines is 1. The van der Waals surface area contributed by atoms with Crippen LogP contribution in [-0.4, -0.2) is 44.7 Å². The zero-order valence-corrected chi connectivity index (χ0v) is 17.3. The van der Waals surface area contributed by atoms with Crippen LogP contribution in [0.1, 0.15) is 45.4 Å². The van der Waals surface area contributed by atoms with Crippen molar-refractivity contribution in [3.05, 3.63) is 30.3 Å². The molecule has 0 spiro atoms. The highest BCUT2D eigenvalue weighted by molar-refractivity contribution is 5.77. The first kappa shape index (κ1) is 18.5. The molecular weight excluding hydrogens is 346 g/mol. The number of hydrogen-bond acceptors (Lipinski definition) is 2. The standard InChI is InChI=1S/C24H35N3O/c1-18(24-14-19-11-20(15-24)13-21(12-19)16-24)25-23(28)17-26-7-9-27(10-8-26)22-5-3-2-4-6-22/h2-6,18-21H,7-17H2,1H3,(H,25,28)/p+1/t18-,19?,20?,21?,24?/m1/s1. The summed E-state index contributed by atoms with van der Waals surface area (Å²) >= 11 is 0. The predicted octanol–water partition coefficient (Wildman–Crippen LogP) is 2.11. The molecule has 1 atom stereocenters. The largest absolute Gasteiger partial charge is 0.360 e. The van der Waals surface area contributed by atoms with Gasteiger partial charge < -0.3 is 15.1 Å². The van der Waals surface area contributed by atoms with Crippen molar-refractivity contribution < 1.29 is 9.69 Å². The Morgan fingerprint density at radius 1 is 1.07 bits per heavy atom. The lowest BCUT2D eigenvalue weighted by molar-refractivity contribution is -0.892. The average molecular weight is 383 g/mol. The Kier molecular flexibility index (Phi) is 4.86. The van der Waals surface area contributed by atoms with E-state index in [1.807, 2.05) is 0 Å². The van der Waals surface area contributed by atoms with Crippen LogP contribution in [0, 0.1) is 23.2 Å². The summed E-state index contributed by atoms with van der Waals surface area (Å²) in [5.41, 5.74) is 1.72. The van der Waals surface area contributed by atoms with Crippen LogP contribution in [0.25, 0.3) is 0 Å². The van der Waals surface area contributed by atoms with Crippen molar-refractivity contribution in [3.63, 3.8) is 0 Å². The van der Waals surface area contributed by atoms with Crippen molar-refractivity contribution in [2.75, 3.05) is 37.6 Å². The van der Waals surface area contributed by atoms with E-state index >= 15 is 0 Å². The fraction of sp³-hybridized carbons (Fsp3) is 0.708. The molecule has 28 heavy (non-hydrogen) atoms. The molecule has 0 aromatic heterocycles. The van der Waals surface area contributed by atoms with E-state index in [0.29, 0.717) is 18.0 Å². The molecule has 1 amide bonds. The van der Waals surface area contributed by atoms with E-state index in [9.17, 15) is 4.79 Å². The third-order valence-electron chi connectivity index (χ3n) is 8.38. The molecule has 0 unspecified atom stereocenters. The maximum Gasteiger partial charge on any atom is 0.275 e. The van der Waals surface area contributed by atoms with Crippen molar-refractivity contribution in [3.8, 4) is 0 Å². The number of para-hydroxylation sites is 1. The Balaban J connectivity index is 1.12. The van der Waals surface area contributed by atoms with Crippen LogP contribution in [0.3, 0.4) is 0 Å². The normalized spacial score (nSPS) is 35.8. The zero-order chi connectivity index (χ0) is 19.1. The van der Waals surface area contributed by atoms with Gasteiger partial charge in [-0.3, -0.25) is 4.79 Å². The molecule has 1 heterocycles. The van der Waals surface area contributed by atoms with Crippen LogP contribution < -0.4 is 15.1 Å². The van der Waals surface area contributed by atoms with Crippen LogP contribution in [0.4, 0.5) is 5.69 Å². The third-order valence-corrected chi connectivity index (χ3v) is 8.38. The zero-order valence-electron chi connectivity index (χ0n) is 17.3. The molecule has 4 heteroatoms. The molecule has 1 saturated heterocycles. The Hall–Kier alpha value is -1.55. The van der Waals surface area contributed by atoms with Crippen molar-refractivity contribution >= 4 is 11.6 Å². The number of nitrogens with one attached hydrogen (secondary N) is 2. The number of benzene rings is 1. The van der Waals surface area contributed by atoms with Gasteiger partial charge in [0.05, 0.1) is 26.2 Å². The summed E-state index contributed by atoms with van der Waals surface area (Å²) in [6, 6.07) is 11.0. The summed E-state index contributed by atoms with van der Waals surface area (Å²) in [6.07, 6.45) is 8.50. The number of hydrogen-bond donors (Lipinski definition) is 2. The fourth-order valence-electron chi connectivity index (χ4n) is 7.28. The second-order valence-electron chi connectivity index (χ2n) is 10.3. The van der Waals surface area contributed by atoms with E-state index in [-0.39, 0.29) is 5.91 Å². The van der Waals surface area contributed by atoms with Gasteiger partial charge in [0.15, 0.2) is 6.54 Å². The topological polar surface area (TPSA) is 36.8 Å². The minimum Gasteiger partial charge on any atom is -0.360 e. The Labute approximate surface area is 169 Å². The fourth-order valence-corrected chi connectivity index (χ4v) is 7.28. The lowest BCUT2D eigenvalue weighted by Gasteiger charge is -2.59. The maximum atomic E-state index is 12.8. The SMILES string of the molecule is C[C@@H](NC(=O)C[NH+]1CCN(c2ccccc2)CC1)C12CC3CC(CC(C3)C1)C2. The van der Waals surface area contributed by atoms with E-state index in [0.717, 1.165) is 43.9 Å². The summed E-state index contributed by atoms with van der Waals surface area (Å²) in [7, 11) is 0. The highest BCUT2D eigenvalue weighted by Crippen LogP contribution is 2.61. The average Bonchev–Trinajstić information content (AvgIpc) is 2.68. The molecule has 5 aliphatic rings. The Morgan fingerprint density at radius 3 is 2.21 bits per heavy atom. The molecule has 1 aliphatic heterocycles. The Morgan fingerprint density at radius 2 is 1.64 bits per heavy atom. The van der Waals surface area contributed by atoms with E-state index in [1.165, 1.54) is 49.1 Å². The lowest BCUT2D eigenvalue weighted by atomic mass is 9.48. The summed E-state index contributed by atoms with van der Waals surface area (Å²) in [5.74, 6) is 3.11. The van der Waals surface area contributed by atoms with Crippen molar-refractivity contribution in [2.45, 2.75) is 51.5 Å². The van der Waals surface area contributed by atoms with Gasteiger partial charge in [0, 0.05) is 11.7 Å². The van der Waals surface area contributed by atoms with E-state index < -0.39 is 0 Å². The van der Waals surface area contributed by atoms with Gasteiger partial charge in [-0.25, -0.2) is 0 Å². The molecule has 4 nitrogen and oxygen atoms in total. The van der Waals surface area contributed by atoms with Crippen molar-refractivity contribution in [1.82, 2.24) is 5.32 Å². The van der Waals surface area contributed by atoms with Crippen LogP contribution in [0.15, 0.2) is 30.3 Å². The number of amides is 1. The minimum atomic E-state index is 0.270. The molecule has 1 aromatic rings. The molecule has 1 aromatic carbocycles. The number of rotatable bonds is 5. The predicted molar refractivity (Wildman–Crippen MR) is 112 cm³/mol. The van der Waals surface area contributed by atoms with Gasteiger partial charge in [-0.2, -0.15) is 0 Å². The molecule has 6 rings (SSSR count). The minimum absolute atomic E-state index is 0.270. The van der Waals surface area contributed by atoms with E-state index in [1.54, 1.807) is 0 Å². The second kappa shape index (κ2) is 7.37. The van der Waals surface area contributed by atoms with Gasteiger partial charge >= 0.3 is 0 Å². The lowest BCUT2D eigenvalue weighted by Crippen LogP contribution is -3.16. The molecule has 0 radical (unpaired) electrons. The molecule has 4 bridgehead atoms. The summed E-state index contributed by atoms with van der Waals surface area (Å²) in [4.78, 5) is 16.7. The van der Waals surface area contributed by atoms with Gasteiger partial charge in [0.1, 0.15) is 0 Å². The van der Waals surface area contributed by atoms with Gasteiger partial charge in [-0.05, 0) is 80.8 Å². The summed E-state index contributed by atoms with van der Waals surface area (Å²) < 4.78 is 0. The van der Waals surface area contributed by atoms with Crippen LogP contribution in [0.5, 0.6) is 0 Å². The summed E-state index contributed by atoms with van der Waals surface area (Å²) in [5, 5.41) is 3.45. The second-order valence-corrected chi connectivity index (χ2v) is 10.3. The number of carbonyl (C=O) groups excluding carboxylic acids is 1. The Bertz CT molecular complexity index is 660. The van der Waals surface area contributed by atoms with Crippen molar-refractivity contribution in [1.29, 1.82) is 0 Å². The highest BCUT2D eigenvalue weighted by atomic mass is 16.2. The first-order valence-corrected chi connectivity index (χ1v) is 11.5. The number of carbonyl (C=O) groups is 1. The van der Waals surface area contributed by atoms with Gasteiger partial charge in [0.25, 0.3) is 5.91 Å². The molecule has 5 fully saturated rings. The van der Waals surface area contributed by atoms with Crippen LogP contribution >= 0.6 is 0 Å². The van der Waals surface area contributed by atoms with E-state index in [4.69, 9.17) is 0 Å². The molecular formula is C24H36N3O+. The van der Waals surface area contributed by atoms with Gasteiger partial charge in [-0.15, -0.1) is 0 Å². The maximum absolute atomic E-state index is 12.8. The number of quaternary nitrogens is 1. The van der Waals surface area contributed by atoms with Crippen LogP contribution in [-0.2, 0) is 4.79 Å². The molecule has 4 saturated carbocycles. The van der Waals surface area contributed by atoms with Gasteiger partial charge in [0.2, 0.25) is 0 Å². The monoisotopic (exact) mass is 382 g/mol. The third kappa shape index (κ3) is 3.56.